The zero-order valence-corrected chi connectivity index (χ0v) is 53.3. The Kier molecular flexibility index (Phi) is 14.4. The van der Waals surface area contributed by atoms with Crippen LogP contribution in [0.15, 0.2) is 382 Å². The van der Waals surface area contributed by atoms with Crippen LogP contribution in [-0.4, -0.2) is 13.4 Å². The molecule has 4 heterocycles. The molecule has 4 aliphatic rings. The molecule has 0 saturated heterocycles. The Morgan fingerprint density at radius 1 is 0.175 bits per heavy atom. The Hall–Kier alpha value is -12.6. The van der Waals surface area contributed by atoms with Crippen LogP contribution in [0.4, 0.5) is 85.3 Å². The van der Waals surface area contributed by atoms with E-state index in [0.29, 0.717) is 0 Å². The molecule has 7 heteroatoms. The summed E-state index contributed by atoms with van der Waals surface area (Å²) in [6, 6.07) is 138. The Labute approximate surface area is 568 Å². The summed E-state index contributed by atoms with van der Waals surface area (Å²) in [6.45, 7) is 0.166. The number of hydrogen-bond donors (Lipinski definition) is 0. The fourth-order valence-electron chi connectivity index (χ4n) is 15.4. The number of rotatable bonds is 10. The second-order valence-corrected chi connectivity index (χ2v) is 25.1. The first-order chi connectivity index (χ1) is 48.2. The molecule has 0 aliphatic carbocycles. The Morgan fingerprint density at radius 3 is 0.907 bits per heavy atom. The van der Waals surface area contributed by atoms with Gasteiger partial charge in [0.25, 0.3) is 13.4 Å². The summed E-state index contributed by atoms with van der Waals surface area (Å²) in [5, 5.41) is 0. The Bertz CT molecular complexity index is 5300. The highest BCUT2D eigenvalue weighted by atomic mass is 15.2. The number of fused-ring (bicyclic) bond motifs is 8. The van der Waals surface area contributed by atoms with Gasteiger partial charge in [0, 0.05) is 85.3 Å². The summed E-state index contributed by atoms with van der Waals surface area (Å²) in [6.07, 6.45) is 0. The van der Waals surface area contributed by atoms with Crippen molar-refractivity contribution in [2.75, 3.05) is 24.5 Å². The summed E-state index contributed by atoms with van der Waals surface area (Å²) in [5.74, 6) is 0. The molecular formula is C90H63B2N5. The molecule has 0 radical (unpaired) electrons. The van der Waals surface area contributed by atoms with Crippen molar-refractivity contribution in [3.05, 3.63) is 382 Å². The summed E-state index contributed by atoms with van der Waals surface area (Å²) in [4.78, 5) is 12.2. The second-order valence-electron chi connectivity index (χ2n) is 25.1. The average molecular weight is 1240 g/mol. The van der Waals surface area contributed by atoms with Crippen LogP contribution >= 0.6 is 0 Å². The fourth-order valence-corrected chi connectivity index (χ4v) is 15.4. The minimum Gasteiger partial charge on any atom is -0.311 e. The van der Waals surface area contributed by atoms with E-state index in [2.05, 4.69) is 407 Å². The van der Waals surface area contributed by atoms with Crippen LogP contribution in [0.3, 0.4) is 0 Å². The van der Waals surface area contributed by atoms with Gasteiger partial charge in [-0.15, -0.1) is 0 Å². The standard InChI is InChI=1S/C48H33BN2.C42H30BN3/c1-4-13-34(14-5-1)37-23-28-40(29-24-37)50-44-20-11-10-19-42(44)49-43-33-39(36-17-8-3-9-18-36)27-32-45(43)51(47-22-12-21-46(50)48(47)49)41-30-25-38(26-31-41)35-15-6-2-7-16-35;1-5-16-31(17-6-1)44(32-18-7-2-8-19-32)35-28-29-37-41(30-35)46(34-22-11-4-12-23-34)40-27-15-26-39-42(40)43(37)36-24-13-14-25-38(36)45(39)33-20-9-3-10-21-33/h1-33H;1-30H. The van der Waals surface area contributed by atoms with Crippen molar-refractivity contribution < 1.29 is 0 Å². The molecule has 5 nitrogen and oxygen atoms in total. The van der Waals surface area contributed by atoms with Crippen LogP contribution in [0.25, 0.3) is 33.4 Å². The summed E-state index contributed by atoms with van der Waals surface area (Å²) >= 11 is 0. The number of hydrogen-bond acceptors (Lipinski definition) is 5. The monoisotopic (exact) mass is 1240 g/mol. The van der Waals surface area contributed by atoms with Gasteiger partial charge < -0.3 is 24.5 Å². The molecule has 0 amide bonds. The van der Waals surface area contributed by atoms with E-state index in [4.69, 9.17) is 0 Å². The molecule has 0 unspecified atom stereocenters. The molecule has 15 aromatic rings. The SMILES string of the molecule is c1ccc(-c2ccc(N3c4ccccc4B4c5cc(-c6ccccc6)ccc5N(c5ccc(-c6ccccc6)cc5)c5cccc3c54)cc2)cc1.c1ccc(N(c2ccccc2)c2ccc3c(c2)N(c2ccccc2)c2cccc4c2B3c2ccccc2N4c2ccccc2)cc1. The molecule has 0 spiro atoms. The smallest absolute Gasteiger partial charge is 0.252 e. The van der Waals surface area contributed by atoms with E-state index < -0.39 is 0 Å². The third-order valence-corrected chi connectivity index (χ3v) is 19.7. The lowest BCUT2D eigenvalue weighted by Crippen LogP contribution is -2.61. The molecule has 0 saturated carbocycles. The lowest BCUT2D eigenvalue weighted by atomic mass is 9.33. The molecule has 0 aromatic heterocycles. The topological polar surface area (TPSA) is 16.2 Å². The third kappa shape index (κ3) is 9.98. The van der Waals surface area contributed by atoms with Gasteiger partial charge in [-0.25, -0.2) is 0 Å². The number of para-hydroxylation sites is 6. The van der Waals surface area contributed by atoms with Gasteiger partial charge in [-0.05, 0) is 194 Å². The van der Waals surface area contributed by atoms with Crippen LogP contribution < -0.4 is 57.3 Å². The highest BCUT2D eigenvalue weighted by molar-refractivity contribution is 7.01. The molecule has 15 aromatic carbocycles. The zero-order valence-electron chi connectivity index (χ0n) is 53.3. The van der Waals surface area contributed by atoms with Crippen LogP contribution in [0.2, 0.25) is 0 Å². The normalized spacial score (nSPS) is 12.6. The van der Waals surface area contributed by atoms with Crippen molar-refractivity contribution in [3.63, 3.8) is 0 Å². The van der Waals surface area contributed by atoms with E-state index in [0.717, 1.165) is 39.8 Å². The molecule has 97 heavy (non-hydrogen) atoms. The van der Waals surface area contributed by atoms with Gasteiger partial charge in [0.1, 0.15) is 0 Å². The lowest BCUT2D eigenvalue weighted by molar-refractivity contribution is 1.24. The summed E-state index contributed by atoms with van der Waals surface area (Å²) in [7, 11) is 0. The van der Waals surface area contributed by atoms with E-state index in [1.165, 1.54) is 112 Å². The van der Waals surface area contributed by atoms with Crippen LogP contribution in [0, 0.1) is 0 Å². The van der Waals surface area contributed by atoms with Gasteiger partial charge in [0.15, 0.2) is 0 Å². The molecule has 0 fully saturated rings. The molecule has 454 valence electrons. The van der Waals surface area contributed by atoms with Crippen molar-refractivity contribution in [2.45, 2.75) is 0 Å². The first-order valence-electron chi connectivity index (χ1n) is 33.5. The van der Waals surface area contributed by atoms with E-state index >= 15 is 0 Å². The zero-order chi connectivity index (χ0) is 64.2. The van der Waals surface area contributed by atoms with Crippen LogP contribution in [0.5, 0.6) is 0 Å². The van der Waals surface area contributed by atoms with E-state index in [1.54, 1.807) is 0 Å². The van der Waals surface area contributed by atoms with Gasteiger partial charge in [0.2, 0.25) is 0 Å². The largest absolute Gasteiger partial charge is 0.311 e. The molecule has 4 aliphatic heterocycles. The second kappa shape index (κ2) is 24.4. The van der Waals surface area contributed by atoms with E-state index in [9.17, 15) is 0 Å². The third-order valence-electron chi connectivity index (χ3n) is 19.7. The minimum atomic E-state index is 0.0748. The maximum absolute atomic E-state index is 2.47. The predicted octanol–water partition coefficient (Wildman–Crippen LogP) is 20.0. The lowest BCUT2D eigenvalue weighted by Gasteiger charge is -2.44. The minimum absolute atomic E-state index is 0.0748. The number of anilines is 15. The van der Waals surface area contributed by atoms with Crippen molar-refractivity contribution in [2.24, 2.45) is 0 Å². The highest BCUT2D eigenvalue weighted by Crippen LogP contribution is 2.48. The first-order valence-corrected chi connectivity index (χ1v) is 33.5. The summed E-state index contributed by atoms with van der Waals surface area (Å²) in [5.41, 5.74) is 32.9. The van der Waals surface area contributed by atoms with Gasteiger partial charge in [-0.2, -0.15) is 0 Å². The van der Waals surface area contributed by atoms with Crippen LogP contribution in [0.1, 0.15) is 0 Å². The quantitative estimate of drug-likeness (QED) is 0.127. The summed E-state index contributed by atoms with van der Waals surface area (Å²) < 4.78 is 0. The Morgan fingerprint density at radius 2 is 0.474 bits per heavy atom. The van der Waals surface area contributed by atoms with Crippen molar-refractivity contribution >= 4 is 132 Å². The molecule has 0 atom stereocenters. The molecular weight excluding hydrogens is 1170 g/mol. The van der Waals surface area contributed by atoms with Gasteiger partial charge >= 0.3 is 0 Å². The number of nitrogens with zero attached hydrogens (tertiary/aromatic N) is 5. The molecule has 0 bridgehead atoms. The average Bonchev–Trinajstić information content (AvgIpc) is 0.708. The van der Waals surface area contributed by atoms with Gasteiger partial charge in [-0.3, -0.25) is 0 Å². The maximum Gasteiger partial charge on any atom is 0.252 e. The maximum atomic E-state index is 2.47. The molecule has 0 N–H and O–H groups in total. The Balaban J connectivity index is 0.000000142. The van der Waals surface area contributed by atoms with Gasteiger partial charge in [-0.1, -0.05) is 255 Å². The van der Waals surface area contributed by atoms with E-state index in [-0.39, 0.29) is 13.4 Å². The van der Waals surface area contributed by atoms with Crippen molar-refractivity contribution in [1.82, 2.24) is 0 Å². The number of benzene rings is 15. The fraction of sp³-hybridized carbons (Fsp3) is 0. The predicted molar refractivity (Wildman–Crippen MR) is 412 cm³/mol. The van der Waals surface area contributed by atoms with E-state index in [1.807, 2.05) is 0 Å². The van der Waals surface area contributed by atoms with Crippen LogP contribution in [-0.2, 0) is 0 Å². The van der Waals surface area contributed by atoms with Gasteiger partial charge in [0.05, 0.1) is 0 Å². The van der Waals surface area contributed by atoms with Crippen molar-refractivity contribution in [1.29, 1.82) is 0 Å². The first kappa shape index (κ1) is 57.1. The van der Waals surface area contributed by atoms with Crippen molar-refractivity contribution in [3.8, 4) is 33.4 Å². The highest BCUT2D eigenvalue weighted by Gasteiger charge is 2.45. The molecule has 19 rings (SSSR count).